The Balaban J connectivity index is 2.51. The third kappa shape index (κ3) is 2.54. The maximum atomic E-state index is 6.23. The summed E-state index contributed by atoms with van der Waals surface area (Å²) in [5, 5.41) is 3.61. The first-order valence-corrected chi connectivity index (χ1v) is 5.89. The van der Waals surface area contributed by atoms with Crippen molar-refractivity contribution in [2.45, 2.75) is 6.92 Å². The molecule has 0 radical (unpaired) electrons. The van der Waals surface area contributed by atoms with Crippen molar-refractivity contribution >= 4 is 17.4 Å². The second kappa shape index (κ2) is 5.23. The molecule has 0 saturated heterocycles. The number of nitrogens with one attached hydrogen (secondary N) is 1. The summed E-state index contributed by atoms with van der Waals surface area (Å²) in [5.41, 5.74) is 1.65. The lowest BCUT2D eigenvalue weighted by atomic mass is 10.1. The van der Waals surface area contributed by atoms with E-state index in [0.29, 0.717) is 10.8 Å². The zero-order valence-electron chi connectivity index (χ0n) is 10.5. The second-order valence-corrected chi connectivity index (χ2v) is 4.19. The Morgan fingerprint density at radius 2 is 2.00 bits per heavy atom. The molecular weight excluding hydrogens is 250 g/mol. The molecule has 1 aromatic heterocycles. The van der Waals surface area contributed by atoms with Crippen molar-refractivity contribution in [1.29, 1.82) is 0 Å². The molecule has 0 aliphatic rings. The molecule has 1 heterocycles. The minimum atomic E-state index is 0.606. The first-order valence-electron chi connectivity index (χ1n) is 5.51. The molecule has 2 rings (SSSR count). The summed E-state index contributed by atoms with van der Waals surface area (Å²) < 4.78 is 5.12. The Bertz CT molecular complexity index is 572. The SMILES string of the molecule is CNc1cc(-c2ccc(OC)cc2Cl)nc(C)n1. The number of hydrogen-bond donors (Lipinski definition) is 1. The summed E-state index contributed by atoms with van der Waals surface area (Å²) >= 11 is 6.23. The van der Waals surface area contributed by atoms with Gasteiger partial charge < -0.3 is 10.1 Å². The van der Waals surface area contributed by atoms with Crippen LogP contribution in [0.3, 0.4) is 0 Å². The highest BCUT2D eigenvalue weighted by atomic mass is 35.5. The van der Waals surface area contributed by atoms with E-state index < -0.39 is 0 Å². The van der Waals surface area contributed by atoms with E-state index in [1.165, 1.54) is 0 Å². The van der Waals surface area contributed by atoms with Gasteiger partial charge in [0.2, 0.25) is 0 Å². The van der Waals surface area contributed by atoms with Crippen molar-refractivity contribution in [2.75, 3.05) is 19.5 Å². The average molecular weight is 264 g/mol. The number of anilines is 1. The maximum absolute atomic E-state index is 6.23. The van der Waals surface area contributed by atoms with Crippen LogP contribution in [0.1, 0.15) is 5.82 Å². The van der Waals surface area contributed by atoms with E-state index in [9.17, 15) is 0 Å². The first kappa shape index (κ1) is 12.6. The number of rotatable bonds is 3. The lowest BCUT2D eigenvalue weighted by Gasteiger charge is -2.08. The summed E-state index contributed by atoms with van der Waals surface area (Å²) in [4.78, 5) is 8.64. The summed E-state index contributed by atoms with van der Waals surface area (Å²) in [5.74, 6) is 2.19. The molecule has 0 aliphatic carbocycles. The van der Waals surface area contributed by atoms with Crippen molar-refractivity contribution in [3.8, 4) is 17.0 Å². The fourth-order valence-corrected chi connectivity index (χ4v) is 1.93. The molecule has 0 aliphatic heterocycles. The largest absolute Gasteiger partial charge is 0.497 e. The maximum Gasteiger partial charge on any atom is 0.130 e. The van der Waals surface area contributed by atoms with Crippen molar-refractivity contribution in [3.05, 3.63) is 35.1 Å². The number of halogens is 1. The molecule has 0 saturated carbocycles. The molecule has 5 heteroatoms. The van der Waals surface area contributed by atoms with Crippen LogP contribution >= 0.6 is 11.6 Å². The molecule has 4 nitrogen and oxygen atoms in total. The van der Waals surface area contributed by atoms with Gasteiger partial charge in [-0.05, 0) is 25.1 Å². The van der Waals surface area contributed by atoms with Crippen molar-refractivity contribution in [1.82, 2.24) is 9.97 Å². The third-order valence-electron chi connectivity index (χ3n) is 2.55. The molecule has 18 heavy (non-hydrogen) atoms. The monoisotopic (exact) mass is 263 g/mol. The normalized spacial score (nSPS) is 10.2. The zero-order valence-corrected chi connectivity index (χ0v) is 11.2. The third-order valence-corrected chi connectivity index (χ3v) is 2.86. The van der Waals surface area contributed by atoms with E-state index in [0.717, 1.165) is 22.8 Å². The molecule has 0 amide bonds. The van der Waals surface area contributed by atoms with E-state index in [2.05, 4.69) is 15.3 Å². The minimum absolute atomic E-state index is 0.606. The summed E-state index contributed by atoms with van der Waals surface area (Å²) in [6.07, 6.45) is 0. The molecular formula is C13H14ClN3O. The van der Waals surface area contributed by atoms with Gasteiger partial charge in [0.25, 0.3) is 0 Å². The number of benzene rings is 1. The predicted octanol–water partition coefficient (Wildman–Crippen LogP) is 3.16. The number of aryl methyl sites for hydroxylation is 1. The molecule has 0 unspecified atom stereocenters. The Hall–Kier alpha value is -1.81. The van der Waals surface area contributed by atoms with E-state index in [4.69, 9.17) is 16.3 Å². The fraction of sp³-hybridized carbons (Fsp3) is 0.231. The Morgan fingerprint density at radius 1 is 1.22 bits per heavy atom. The fourth-order valence-electron chi connectivity index (χ4n) is 1.66. The number of nitrogens with zero attached hydrogens (tertiary/aromatic N) is 2. The number of aromatic nitrogens is 2. The lowest BCUT2D eigenvalue weighted by Crippen LogP contribution is -1.98. The Labute approximate surface area is 111 Å². The number of hydrogen-bond acceptors (Lipinski definition) is 4. The van der Waals surface area contributed by atoms with Crippen LogP contribution in [0.2, 0.25) is 5.02 Å². The second-order valence-electron chi connectivity index (χ2n) is 3.78. The van der Waals surface area contributed by atoms with Crippen LogP contribution in [0.4, 0.5) is 5.82 Å². The highest BCUT2D eigenvalue weighted by molar-refractivity contribution is 6.33. The summed E-state index contributed by atoms with van der Waals surface area (Å²) in [6.45, 7) is 1.85. The van der Waals surface area contributed by atoms with E-state index in [1.807, 2.05) is 32.2 Å². The Kier molecular flexibility index (Phi) is 3.67. The van der Waals surface area contributed by atoms with E-state index in [1.54, 1.807) is 13.2 Å². The number of methoxy groups -OCH3 is 1. The van der Waals surface area contributed by atoms with Gasteiger partial charge in [-0.1, -0.05) is 11.6 Å². The highest BCUT2D eigenvalue weighted by Gasteiger charge is 2.08. The van der Waals surface area contributed by atoms with Gasteiger partial charge >= 0.3 is 0 Å². The van der Waals surface area contributed by atoms with Crippen molar-refractivity contribution in [3.63, 3.8) is 0 Å². The molecule has 0 bridgehead atoms. The van der Waals surface area contributed by atoms with Gasteiger partial charge in [0.15, 0.2) is 0 Å². The topological polar surface area (TPSA) is 47.0 Å². The van der Waals surface area contributed by atoms with Crippen LogP contribution in [-0.4, -0.2) is 24.1 Å². The van der Waals surface area contributed by atoms with Crippen LogP contribution in [0.25, 0.3) is 11.3 Å². The lowest BCUT2D eigenvalue weighted by molar-refractivity contribution is 0.415. The zero-order chi connectivity index (χ0) is 13.1. The van der Waals surface area contributed by atoms with Crippen molar-refractivity contribution in [2.24, 2.45) is 0 Å². The quantitative estimate of drug-likeness (QED) is 0.924. The van der Waals surface area contributed by atoms with Crippen LogP contribution in [-0.2, 0) is 0 Å². The van der Waals surface area contributed by atoms with Crippen LogP contribution < -0.4 is 10.1 Å². The van der Waals surface area contributed by atoms with Gasteiger partial charge in [0, 0.05) is 18.7 Å². The van der Waals surface area contributed by atoms with Crippen LogP contribution in [0.15, 0.2) is 24.3 Å². The molecule has 1 N–H and O–H groups in total. The predicted molar refractivity (Wildman–Crippen MR) is 73.3 cm³/mol. The molecule has 0 fully saturated rings. The van der Waals surface area contributed by atoms with Gasteiger partial charge in [0.05, 0.1) is 17.8 Å². The van der Waals surface area contributed by atoms with Crippen molar-refractivity contribution < 1.29 is 4.74 Å². The molecule has 2 aromatic rings. The molecule has 0 spiro atoms. The smallest absolute Gasteiger partial charge is 0.130 e. The molecule has 94 valence electrons. The van der Waals surface area contributed by atoms with Gasteiger partial charge in [-0.15, -0.1) is 0 Å². The Morgan fingerprint density at radius 3 is 2.61 bits per heavy atom. The highest BCUT2D eigenvalue weighted by Crippen LogP contribution is 2.30. The van der Waals surface area contributed by atoms with Gasteiger partial charge in [-0.3, -0.25) is 0 Å². The molecule has 1 aromatic carbocycles. The van der Waals surface area contributed by atoms with Crippen LogP contribution in [0, 0.1) is 6.92 Å². The van der Waals surface area contributed by atoms with Gasteiger partial charge in [-0.2, -0.15) is 0 Å². The summed E-state index contributed by atoms with van der Waals surface area (Å²) in [7, 11) is 3.43. The van der Waals surface area contributed by atoms with Gasteiger partial charge in [0.1, 0.15) is 17.4 Å². The average Bonchev–Trinajstić information content (AvgIpc) is 2.37. The van der Waals surface area contributed by atoms with E-state index >= 15 is 0 Å². The minimum Gasteiger partial charge on any atom is -0.497 e. The first-order chi connectivity index (χ1) is 8.63. The van der Waals surface area contributed by atoms with E-state index in [-0.39, 0.29) is 0 Å². The standard InChI is InChI=1S/C13H14ClN3O/c1-8-16-12(7-13(15-2)17-8)10-5-4-9(18-3)6-11(10)14/h4-7H,1-3H3,(H,15,16,17). The molecule has 0 atom stereocenters. The van der Waals surface area contributed by atoms with Crippen LogP contribution in [0.5, 0.6) is 5.75 Å². The van der Waals surface area contributed by atoms with Gasteiger partial charge in [-0.25, -0.2) is 9.97 Å². The summed E-state index contributed by atoms with van der Waals surface area (Å²) in [6, 6.07) is 7.38. The number of ether oxygens (including phenoxy) is 1.